The molecule has 162 valence electrons. The number of piperidine rings is 1. The molecule has 0 spiro atoms. The molecule has 2 heterocycles. The van der Waals surface area contributed by atoms with E-state index >= 15 is 0 Å². The van der Waals surface area contributed by atoms with Crippen molar-refractivity contribution in [3.63, 3.8) is 0 Å². The Labute approximate surface area is 182 Å². The van der Waals surface area contributed by atoms with Gasteiger partial charge in [-0.3, -0.25) is 9.59 Å². The summed E-state index contributed by atoms with van der Waals surface area (Å²) in [4.78, 5) is 42.3. The minimum absolute atomic E-state index is 0.0585. The van der Waals surface area contributed by atoms with Gasteiger partial charge in [0.2, 0.25) is 0 Å². The molecule has 3 rings (SSSR count). The predicted molar refractivity (Wildman–Crippen MR) is 114 cm³/mol. The quantitative estimate of drug-likeness (QED) is 0.401. The third-order valence-electron chi connectivity index (χ3n) is 5.81. The molecule has 7 nitrogen and oxygen atoms in total. The number of anilines is 1. The minimum Gasteiger partial charge on any atom is -0.462 e. The second-order valence-corrected chi connectivity index (χ2v) is 8.32. The Bertz CT molecular complexity index is 844. The number of halogens is 1. The number of esters is 1. The van der Waals surface area contributed by atoms with Gasteiger partial charge in [0.05, 0.1) is 38.0 Å². The van der Waals surface area contributed by atoms with Gasteiger partial charge < -0.3 is 14.5 Å². The lowest BCUT2D eigenvalue weighted by molar-refractivity contribution is -0.885. The molecule has 1 fully saturated rings. The summed E-state index contributed by atoms with van der Waals surface area (Å²) < 4.78 is 5.19. The van der Waals surface area contributed by atoms with E-state index in [0.717, 1.165) is 43.7 Å². The smallest absolute Gasteiger partial charge is 0.338 e. The van der Waals surface area contributed by atoms with E-state index in [1.165, 1.54) is 4.90 Å². The van der Waals surface area contributed by atoms with Crippen molar-refractivity contribution in [2.75, 3.05) is 38.7 Å². The number of carbonyl (C=O) groups is 3. The fourth-order valence-corrected chi connectivity index (χ4v) is 4.13. The van der Waals surface area contributed by atoms with Crippen LogP contribution < -0.4 is 9.80 Å². The van der Waals surface area contributed by atoms with Gasteiger partial charge >= 0.3 is 5.97 Å². The van der Waals surface area contributed by atoms with Gasteiger partial charge in [-0.2, -0.15) is 0 Å². The summed E-state index contributed by atoms with van der Waals surface area (Å²) in [5.74, 6) is -1.40. The first kappa shape index (κ1) is 22.3. The number of hydrogen-bond acceptors (Lipinski definition) is 5. The molecule has 2 aliphatic heterocycles. The Morgan fingerprint density at radius 1 is 1.20 bits per heavy atom. The fraction of sp³-hybridized carbons (Fsp3) is 0.500. The standard InChI is InChI=1S/C22H28ClN3O4/c1-4-5-14-30-22(29)15-6-8-17(9-7-15)26-20(27)18(23)19(21(26)28)25(3)16-10-12-24(2)13-11-16/h6-9,16H,4-5,10-14H2,1-3H3/p+1. The van der Waals surface area contributed by atoms with Gasteiger partial charge in [-0.15, -0.1) is 0 Å². The Hall–Kier alpha value is -2.38. The van der Waals surface area contributed by atoms with Crippen molar-refractivity contribution >= 4 is 35.1 Å². The SMILES string of the molecule is CCCCOC(=O)c1ccc(N2C(=O)C(Cl)=C(N(C)C3CC[NH+](C)CC3)C2=O)cc1. The lowest BCUT2D eigenvalue weighted by atomic mass is 10.0. The number of imide groups is 1. The number of nitrogens with one attached hydrogen (secondary N) is 1. The van der Waals surface area contributed by atoms with E-state index < -0.39 is 17.8 Å². The van der Waals surface area contributed by atoms with Crippen molar-refractivity contribution in [2.24, 2.45) is 0 Å². The van der Waals surface area contributed by atoms with Crippen LogP contribution >= 0.6 is 11.6 Å². The molecule has 1 N–H and O–H groups in total. The van der Waals surface area contributed by atoms with Gasteiger partial charge in [-0.1, -0.05) is 24.9 Å². The van der Waals surface area contributed by atoms with Crippen LogP contribution in [0.2, 0.25) is 0 Å². The largest absolute Gasteiger partial charge is 0.462 e. The second kappa shape index (κ2) is 9.62. The van der Waals surface area contributed by atoms with Gasteiger partial charge in [0.25, 0.3) is 11.8 Å². The van der Waals surface area contributed by atoms with E-state index in [9.17, 15) is 14.4 Å². The van der Waals surface area contributed by atoms with Crippen LogP contribution in [-0.4, -0.2) is 62.5 Å². The Kier molecular flexibility index (Phi) is 7.15. The number of nitrogens with zero attached hydrogens (tertiary/aromatic N) is 2. The molecule has 2 amide bonds. The number of hydrogen-bond donors (Lipinski definition) is 1. The maximum absolute atomic E-state index is 13.1. The first-order valence-corrected chi connectivity index (χ1v) is 10.8. The van der Waals surface area contributed by atoms with Crippen molar-refractivity contribution in [2.45, 2.75) is 38.6 Å². The normalized spacial score (nSPS) is 21.9. The third kappa shape index (κ3) is 4.52. The molecule has 1 saturated heterocycles. The van der Waals surface area contributed by atoms with Crippen LogP contribution in [-0.2, 0) is 14.3 Å². The molecule has 0 radical (unpaired) electrons. The summed E-state index contributed by atoms with van der Waals surface area (Å²) in [6.45, 7) is 4.42. The molecule has 0 aromatic heterocycles. The number of benzene rings is 1. The van der Waals surface area contributed by atoms with E-state index in [-0.39, 0.29) is 16.8 Å². The first-order valence-electron chi connectivity index (χ1n) is 10.4. The molecule has 0 atom stereocenters. The molecule has 0 aliphatic carbocycles. The maximum Gasteiger partial charge on any atom is 0.338 e. The number of unbranched alkanes of at least 4 members (excludes halogenated alkanes) is 1. The van der Waals surface area contributed by atoms with Crippen LogP contribution in [0.5, 0.6) is 0 Å². The number of quaternary nitrogens is 1. The van der Waals surface area contributed by atoms with Crippen LogP contribution in [0.4, 0.5) is 5.69 Å². The van der Waals surface area contributed by atoms with Crippen LogP contribution in [0.25, 0.3) is 0 Å². The zero-order valence-electron chi connectivity index (χ0n) is 17.7. The summed E-state index contributed by atoms with van der Waals surface area (Å²) in [5.41, 5.74) is 0.998. The molecular formula is C22H29ClN3O4+. The van der Waals surface area contributed by atoms with Gasteiger partial charge in [-0.25, -0.2) is 9.69 Å². The van der Waals surface area contributed by atoms with Crippen LogP contribution in [0.15, 0.2) is 35.0 Å². The number of likely N-dealkylation sites (tertiary alicyclic amines) is 1. The first-order chi connectivity index (χ1) is 14.3. The highest BCUT2D eigenvalue weighted by Gasteiger charge is 2.42. The maximum atomic E-state index is 13.1. The zero-order chi connectivity index (χ0) is 21.8. The molecule has 8 heteroatoms. The summed E-state index contributed by atoms with van der Waals surface area (Å²) in [6, 6.07) is 6.42. The highest BCUT2D eigenvalue weighted by atomic mass is 35.5. The average molecular weight is 435 g/mol. The lowest BCUT2D eigenvalue weighted by Gasteiger charge is -2.34. The molecule has 0 saturated carbocycles. The predicted octanol–water partition coefficient (Wildman–Crippen LogP) is 1.58. The highest BCUT2D eigenvalue weighted by Crippen LogP contribution is 2.32. The van der Waals surface area contributed by atoms with Crippen molar-refractivity contribution in [3.05, 3.63) is 40.6 Å². The minimum atomic E-state index is -0.541. The fourth-order valence-electron chi connectivity index (χ4n) is 3.84. The second-order valence-electron chi connectivity index (χ2n) is 7.94. The average Bonchev–Trinajstić information content (AvgIpc) is 2.96. The van der Waals surface area contributed by atoms with E-state index in [0.29, 0.717) is 17.9 Å². The van der Waals surface area contributed by atoms with Gasteiger partial charge in [0, 0.05) is 25.9 Å². The molecule has 0 bridgehead atoms. The van der Waals surface area contributed by atoms with Crippen molar-refractivity contribution < 1.29 is 24.0 Å². The molecule has 30 heavy (non-hydrogen) atoms. The van der Waals surface area contributed by atoms with Gasteiger partial charge in [0.15, 0.2) is 0 Å². The molecule has 2 aliphatic rings. The van der Waals surface area contributed by atoms with Gasteiger partial charge in [-0.05, 0) is 30.7 Å². The summed E-state index contributed by atoms with van der Waals surface area (Å²) in [5, 5.41) is -0.0585. The number of rotatable bonds is 7. The molecular weight excluding hydrogens is 406 g/mol. The monoisotopic (exact) mass is 434 g/mol. The van der Waals surface area contributed by atoms with Crippen LogP contribution in [0.3, 0.4) is 0 Å². The topological polar surface area (TPSA) is 71.4 Å². The summed E-state index contributed by atoms with van der Waals surface area (Å²) in [7, 11) is 3.98. The Morgan fingerprint density at radius 3 is 2.43 bits per heavy atom. The Balaban J connectivity index is 1.73. The molecule has 1 aromatic rings. The van der Waals surface area contributed by atoms with E-state index in [4.69, 9.17) is 16.3 Å². The van der Waals surface area contributed by atoms with E-state index in [1.54, 1.807) is 24.3 Å². The van der Waals surface area contributed by atoms with Crippen molar-refractivity contribution in [3.8, 4) is 0 Å². The van der Waals surface area contributed by atoms with Gasteiger partial charge in [0.1, 0.15) is 10.7 Å². The molecule has 1 aromatic carbocycles. The summed E-state index contributed by atoms with van der Waals surface area (Å²) >= 11 is 6.31. The van der Waals surface area contributed by atoms with Crippen molar-refractivity contribution in [1.82, 2.24) is 4.90 Å². The number of carbonyl (C=O) groups excluding carboxylic acids is 3. The third-order valence-corrected chi connectivity index (χ3v) is 6.15. The summed E-state index contributed by atoms with van der Waals surface area (Å²) in [6.07, 6.45) is 3.62. The zero-order valence-corrected chi connectivity index (χ0v) is 18.5. The highest BCUT2D eigenvalue weighted by molar-refractivity contribution is 6.52. The lowest BCUT2D eigenvalue weighted by Crippen LogP contribution is -3.10. The molecule has 0 unspecified atom stereocenters. The van der Waals surface area contributed by atoms with Crippen LogP contribution in [0.1, 0.15) is 43.0 Å². The number of amides is 2. The van der Waals surface area contributed by atoms with E-state index in [2.05, 4.69) is 7.05 Å². The number of ether oxygens (including phenoxy) is 1. The number of likely N-dealkylation sites (N-methyl/N-ethyl adjacent to an activating group) is 1. The van der Waals surface area contributed by atoms with E-state index in [1.807, 2.05) is 18.9 Å². The Morgan fingerprint density at radius 2 is 1.83 bits per heavy atom. The van der Waals surface area contributed by atoms with Crippen molar-refractivity contribution in [1.29, 1.82) is 0 Å². The van der Waals surface area contributed by atoms with Crippen LogP contribution in [0, 0.1) is 0 Å².